The summed E-state index contributed by atoms with van der Waals surface area (Å²) in [6, 6.07) is 3.29. The summed E-state index contributed by atoms with van der Waals surface area (Å²) in [6.07, 6.45) is 0. The third-order valence-corrected chi connectivity index (χ3v) is 2.47. The van der Waals surface area contributed by atoms with Gasteiger partial charge in [-0.05, 0) is 6.92 Å². The Morgan fingerprint density at radius 1 is 1.23 bits per heavy atom. The molecule has 0 atom stereocenters. The van der Waals surface area contributed by atoms with Crippen LogP contribution in [0.5, 0.6) is 0 Å². The molecule has 0 aliphatic heterocycles. The van der Waals surface area contributed by atoms with Crippen molar-refractivity contribution in [2.45, 2.75) is 6.92 Å². The number of hydrogen-bond acceptors (Lipinski definition) is 4. The van der Waals surface area contributed by atoms with Crippen LogP contribution >= 0.6 is 0 Å². The Labute approximate surface area is 77.2 Å². The quantitative estimate of drug-likeness (QED) is 0.457. The average molecular weight is 197 g/mol. The van der Waals surface area contributed by atoms with E-state index < -0.39 is 10.0 Å². The average Bonchev–Trinajstić information content (AvgIpc) is 2.04. The predicted molar refractivity (Wildman–Crippen MR) is 45.2 cm³/mol. The van der Waals surface area contributed by atoms with Gasteiger partial charge in [-0.2, -0.15) is 23.2 Å². The molecule has 0 aromatic carbocycles. The molecule has 68 valence electrons. The fourth-order valence-corrected chi connectivity index (χ4v) is 1.42. The van der Waals surface area contributed by atoms with Crippen LogP contribution in [0, 0.1) is 33.8 Å². The van der Waals surface area contributed by atoms with Crippen LogP contribution < -0.4 is 0 Å². The molecule has 0 aliphatic rings. The SMILES string of the molecule is CC#CS(=O)(=O)N(CC#N)CC#N. The standard InChI is InChI=1S/C7H7N3O2S/c1-2-7-13(11,12)10(5-3-8)6-4-9/h5-6H2,1H3. The zero-order chi connectivity index (χ0) is 10.3. The summed E-state index contributed by atoms with van der Waals surface area (Å²) < 4.78 is 23.0. The first-order chi connectivity index (χ1) is 6.08. The van der Waals surface area contributed by atoms with Crippen LogP contribution in [0.15, 0.2) is 0 Å². The lowest BCUT2D eigenvalue weighted by Gasteiger charge is -2.09. The summed E-state index contributed by atoms with van der Waals surface area (Å²) in [4.78, 5) is 0. The van der Waals surface area contributed by atoms with Crippen LogP contribution in [0.4, 0.5) is 0 Å². The molecule has 0 fully saturated rings. The van der Waals surface area contributed by atoms with Gasteiger partial charge in [0.1, 0.15) is 13.1 Å². The molecule has 0 rings (SSSR count). The van der Waals surface area contributed by atoms with E-state index in [1.165, 1.54) is 6.92 Å². The van der Waals surface area contributed by atoms with Gasteiger partial charge in [0.25, 0.3) is 10.0 Å². The fourth-order valence-electron chi connectivity index (χ4n) is 0.577. The number of hydrogen-bond donors (Lipinski definition) is 0. The van der Waals surface area contributed by atoms with Crippen molar-refractivity contribution in [2.75, 3.05) is 13.1 Å². The second kappa shape index (κ2) is 5.16. The summed E-state index contributed by atoms with van der Waals surface area (Å²) in [5.74, 6) is 2.21. The van der Waals surface area contributed by atoms with Gasteiger partial charge < -0.3 is 0 Å². The molecular weight excluding hydrogens is 190 g/mol. The van der Waals surface area contributed by atoms with Crippen molar-refractivity contribution in [3.8, 4) is 23.3 Å². The first kappa shape index (κ1) is 11.4. The molecule has 0 amide bonds. The molecular formula is C7H7N3O2S. The predicted octanol–water partition coefficient (Wildman–Crippen LogP) is -0.354. The van der Waals surface area contributed by atoms with Gasteiger partial charge in [-0.25, -0.2) is 0 Å². The Balaban J connectivity index is 4.84. The molecule has 0 spiro atoms. The molecule has 5 nitrogen and oxygen atoms in total. The third-order valence-electron chi connectivity index (χ3n) is 1.07. The molecule has 0 N–H and O–H groups in total. The van der Waals surface area contributed by atoms with Crippen LogP contribution in [0.1, 0.15) is 6.92 Å². The molecule has 13 heavy (non-hydrogen) atoms. The van der Waals surface area contributed by atoms with Gasteiger partial charge in [-0.15, -0.1) is 0 Å². The van der Waals surface area contributed by atoms with Crippen molar-refractivity contribution < 1.29 is 8.42 Å². The Bertz CT molecular complexity index is 386. The van der Waals surface area contributed by atoms with Gasteiger partial charge >= 0.3 is 0 Å². The number of nitriles is 2. The maximum atomic E-state index is 11.2. The van der Waals surface area contributed by atoms with Crippen LogP contribution in [-0.4, -0.2) is 25.8 Å². The summed E-state index contributed by atoms with van der Waals surface area (Å²) in [5.41, 5.74) is 0. The minimum Gasteiger partial charge on any atom is -0.198 e. The molecule has 0 aromatic heterocycles. The number of rotatable bonds is 3. The minimum absolute atomic E-state index is 0.357. The first-order valence-electron chi connectivity index (χ1n) is 3.26. The van der Waals surface area contributed by atoms with Gasteiger partial charge in [-0.1, -0.05) is 5.92 Å². The second-order valence-electron chi connectivity index (χ2n) is 1.94. The van der Waals surface area contributed by atoms with E-state index in [2.05, 4.69) is 5.92 Å². The van der Waals surface area contributed by atoms with E-state index in [9.17, 15) is 8.42 Å². The van der Waals surface area contributed by atoms with Crippen molar-refractivity contribution in [3.63, 3.8) is 0 Å². The van der Waals surface area contributed by atoms with E-state index in [0.29, 0.717) is 4.31 Å². The zero-order valence-electron chi connectivity index (χ0n) is 6.98. The largest absolute Gasteiger partial charge is 0.284 e. The molecule has 0 bridgehead atoms. The van der Waals surface area contributed by atoms with E-state index in [0.717, 1.165) is 0 Å². The van der Waals surface area contributed by atoms with Crippen molar-refractivity contribution >= 4 is 10.0 Å². The highest BCUT2D eigenvalue weighted by atomic mass is 32.2. The minimum atomic E-state index is -3.77. The summed E-state index contributed by atoms with van der Waals surface area (Å²) >= 11 is 0. The van der Waals surface area contributed by atoms with Crippen LogP contribution in [0.3, 0.4) is 0 Å². The Morgan fingerprint density at radius 3 is 2.00 bits per heavy atom. The monoisotopic (exact) mass is 197 g/mol. The normalized spacial score (nSPS) is 9.54. The Kier molecular flexibility index (Phi) is 4.54. The highest BCUT2D eigenvalue weighted by Gasteiger charge is 2.18. The zero-order valence-corrected chi connectivity index (χ0v) is 7.80. The van der Waals surface area contributed by atoms with Crippen LogP contribution in [0.2, 0.25) is 0 Å². The van der Waals surface area contributed by atoms with Gasteiger partial charge in [0.05, 0.1) is 12.1 Å². The molecule has 0 radical (unpaired) electrons. The van der Waals surface area contributed by atoms with Crippen molar-refractivity contribution in [3.05, 3.63) is 0 Å². The molecule has 0 unspecified atom stereocenters. The Hall–Kier alpha value is -1.55. The van der Waals surface area contributed by atoms with Gasteiger partial charge in [-0.3, -0.25) is 0 Å². The first-order valence-corrected chi connectivity index (χ1v) is 4.70. The summed E-state index contributed by atoms with van der Waals surface area (Å²) in [5, 5.41) is 18.5. The van der Waals surface area contributed by atoms with Gasteiger partial charge in [0.2, 0.25) is 0 Å². The Morgan fingerprint density at radius 2 is 1.69 bits per heavy atom. The maximum absolute atomic E-state index is 11.2. The van der Waals surface area contributed by atoms with E-state index in [4.69, 9.17) is 10.5 Å². The lowest BCUT2D eigenvalue weighted by Crippen LogP contribution is -2.30. The second-order valence-corrected chi connectivity index (χ2v) is 3.61. The fraction of sp³-hybridized carbons (Fsp3) is 0.429. The topological polar surface area (TPSA) is 85.0 Å². The van der Waals surface area contributed by atoms with E-state index in [-0.39, 0.29) is 13.1 Å². The van der Waals surface area contributed by atoms with Crippen molar-refractivity contribution in [2.24, 2.45) is 0 Å². The molecule has 0 saturated heterocycles. The maximum Gasteiger partial charge on any atom is 0.284 e. The summed E-state index contributed by atoms with van der Waals surface area (Å²) in [6.45, 7) is 0.656. The summed E-state index contributed by atoms with van der Waals surface area (Å²) in [7, 11) is -3.77. The highest BCUT2D eigenvalue weighted by Crippen LogP contribution is 1.97. The van der Waals surface area contributed by atoms with Crippen molar-refractivity contribution in [1.29, 1.82) is 10.5 Å². The lowest BCUT2D eigenvalue weighted by atomic mass is 10.6. The molecule has 0 heterocycles. The lowest BCUT2D eigenvalue weighted by molar-refractivity contribution is 0.490. The van der Waals surface area contributed by atoms with E-state index >= 15 is 0 Å². The molecule has 0 aliphatic carbocycles. The number of sulfonamides is 1. The van der Waals surface area contributed by atoms with Crippen molar-refractivity contribution in [1.82, 2.24) is 4.31 Å². The van der Waals surface area contributed by atoms with Gasteiger partial charge in [0, 0.05) is 5.25 Å². The molecule has 0 aromatic rings. The molecule has 6 heteroatoms. The van der Waals surface area contributed by atoms with Crippen LogP contribution in [-0.2, 0) is 10.0 Å². The van der Waals surface area contributed by atoms with Crippen LogP contribution in [0.25, 0.3) is 0 Å². The number of nitrogens with zero attached hydrogens (tertiary/aromatic N) is 3. The van der Waals surface area contributed by atoms with Gasteiger partial charge in [0.15, 0.2) is 0 Å². The molecule has 0 saturated carbocycles. The smallest absolute Gasteiger partial charge is 0.198 e. The van der Waals surface area contributed by atoms with E-state index in [1.807, 2.05) is 5.25 Å². The third kappa shape index (κ3) is 3.57. The van der Waals surface area contributed by atoms with E-state index in [1.54, 1.807) is 12.1 Å². The highest BCUT2D eigenvalue weighted by molar-refractivity contribution is 7.93.